The number of sulfone groups is 1. The number of hydrogen-bond donors (Lipinski definition) is 1. The lowest BCUT2D eigenvalue weighted by molar-refractivity contribution is 0.0668. The Morgan fingerprint density at radius 1 is 1.08 bits per heavy atom. The number of nitrogens with zero attached hydrogens (tertiary/aromatic N) is 1. The number of phenols is 1. The van der Waals surface area contributed by atoms with Gasteiger partial charge in [-0.25, -0.2) is 8.42 Å². The normalized spacial score (nSPS) is 18.1. The van der Waals surface area contributed by atoms with Crippen LogP contribution in [0.2, 0.25) is 5.02 Å². The number of ether oxygens (including phenoxy) is 2. The first-order valence-electron chi connectivity index (χ1n) is 12.4. The zero-order valence-electron chi connectivity index (χ0n) is 21.2. The minimum atomic E-state index is -3.42. The van der Waals surface area contributed by atoms with Crippen LogP contribution in [-0.4, -0.2) is 57.6 Å². The van der Waals surface area contributed by atoms with Crippen LogP contribution in [0.3, 0.4) is 0 Å². The summed E-state index contributed by atoms with van der Waals surface area (Å²) in [5.41, 5.74) is 3.89. The first-order chi connectivity index (χ1) is 18.1. The molecular weight excluding hydrogens is 529 g/mol. The fourth-order valence-electron chi connectivity index (χ4n) is 4.95. The van der Waals surface area contributed by atoms with Crippen LogP contribution in [0.15, 0.2) is 65.6 Å². The Morgan fingerprint density at radius 3 is 2.47 bits per heavy atom. The molecule has 2 heterocycles. The van der Waals surface area contributed by atoms with E-state index < -0.39 is 15.9 Å². The van der Waals surface area contributed by atoms with Gasteiger partial charge < -0.3 is 14.6 Å². The highest BCUT2D eigenvalue weighted by Crippen LogP contribution is 2.49. The van der Waals surface area contributed by atoms with Crippen molar-refractivity contribution in [2.75, 3.05) is 39.2 Å². The topological polar surface area (TPSA) is 76.1 Å². The van der Waals surface area contributed by atoms with Gasteiger partial charge in [-0.15, -0.1) is 0 Å². The maximum absolute atomic E-state index is 12.6. The lowest BCUT2D eigenvalue weighted by Gasteiger charge is -2.37. The molecule has 9 heteroatoms. The first-order valence-corrected chi connectivity index (χ1v) is 14.6. The quantitative estimate of drug-likeness (QED) is 0.378. The Balaban J connectivity index is 1.44. The van der Waals surface area contributed by atoms with E-state index in [-0.39, 0.29) is 23.2 Å². The van der Waals surface area contributed by atoms with Crippen molar-refractivity contribution in [1.29, 1.82) is 0 Å². The number of rotatable bonds is 8. The van der Waals surface area contributed by atoms with Crippen molar-refractivity contribution in [1.82, 2.24) is 4.90 Å². The van der Waals surface area contributed by atoms with Crippen molar-refractivity contribution in [3.05, 3.63) is 82.4 Å². The maximum Gasteiger partial charge on any atom is 0.175 e. The molecule has 0 amide bonds. The third-order valence-electron chi connectivity index (χ3n) is 7.05. The van der Waals surface area contributed by atoms with Gasteiger partial charge >= 0.3 is 0 Å². The van der Waals surface area contributed by atoms with Gasteiger partial charge in [0, 0.05) is 53.5 Å². The summed E-state index contributed by atoms with van der Waals surface area (Å²) < 4.78 is 49.1. The van der Waals surface area contributed by atoms with E-state index in [1.807, 2.05) is 31.2 Å². The monoisotopic (exact) mass is 557 g/mol. The van der Waals surface area contributed by atoms with Gasteiger partial charge in [0.25, 0.3) is 0 Å². The van der Waals surface area contributed by atoms with Gasteiger partial charge in [0.2, 0.25) is 0 Å². The fraction of sp³-hybridized carbons (Fsp3) is 0.310. The summed E-state index contributed by atoms with van der Waals surface area (Å²) in [7, 11) is -3.42. The Morgan fingerprint density at radius 2 is 1.82 bits per heavy atom. The van der Waals surface area contributed by atoms with E-state index in [0.717, 1.165) is 53.9 Å². The van der Waals surface area contributed by atoms with Crippen molar-refractivity contribution in [3.8, 4) is 17.2 Å². The van der Waals surface area contributed by atoms with E-state index in [1.165, 1.54) is 12.1 Å². The van der Waals surface area contributed by atoms with Crippen molar-refractivity contribution in [2.45, 2.75) is 17.9 Å². The predicted octanol–water partition coefficient (Wildman–Crippen LogP) is 5.79. The van der Waals surface area contributed by atoms with Crippen LogP contribution in [-0.2, 0) is 9.84 Å². The number of hydrogen-bond acceptors (Lipinski definition) is 6. The SMILES string of the molecule is CC1=C(c2ccc(S(C)(=O)=O)cc2Cl)[C@@H](c2ccc(OCCN3CC(CF)C3)cc2)Oc2ccc(O)cc21. The zero-order valence-corrected chi connectivity index (χ0v) is 22.7. The molecule has 3 aromatic carbocycles. The molecule has 38 heavy (non-hydrogen) atoms. The molecule has 3 aromatic rings. The van der Waals surface area contributed by atoms with Gasteiger partial charge in [-0.3, -0.25) is 9.29 Å². The first kappa shape index (κ1) is 26.5. The number of phenolic OH excluding ortho intramolecular Hbond substituents is 1. The van der Waals surface area contributed by atoms with Gasteiger partial charge in [-0.2, -0.15) is 0 Å². The molecule has 200 valence electrons. The molecule has 5 rings (SSSR count). The van der Waals surface area contributed by atoms with E-state index in [0.29, 0.717) is 22.9 Å². The van der Waals surface area contributed by atoms with E-state index in [9.17, 15) is 17.9 Å². The van der Waals surface area contributed by atoms with E-state index >= 15 is 0 Å². The minimum Gasteiger partial charge on any atom is -0.508 e. The molecule has 1 saturated heterocycles. The number of allylic oxidation sites excluding steroid dienone is 1. The molecule has 0 unspecified atom stereocenters. The van der Waals surface area contributed by atoms with Crippen LogP contribution >= 0.6 is 11.6 Å². The van der Waals surface area contributed by atoms with Crippen LogP contribution < -0.4 is 9.47 Å². The third kappa shape index (κ3) is 5.39. The number of benzene rings is 3. The van der Waals surface area contributed by atoms with Crippen molar-refractivity contribution in [3.63, 3.8) is 0 Å². The second-order valence-electron chi connectivity index (χ2n) is 9.83. The summed E-state index contributed by atoms with van der Waals surface area (Å²) in [6, 6.07) is 17.3. The van der Waals surface area contributed by atoms with Crippen LogP contribution in [0, 0.1) is 5.92 Å². The van der Waals surface area contributed by atoms with Crippen LogP contribution in [0.4, 0.5) is 4.39 Å². The third-order valence-corrected chi connectivity index (χ3v) is 8.47. The van der Waals surface area contributed by atoms with Gasteiger partial charge in [-0.05, 0) is 60.5 Å². The molecule has 1 atom stereocenters. The number of halogens is 2. The zero-order chi connectivity index (χ0) is 27.0. The Labute approximate surface area is 227 Å². The van der Waals surface area contributed by atoms with Gasteiger partial charge in [-0.1, -0.05) is 29.8 Å². The Bertz CT molecular complexity index is 1480. The summed E-state index contributed by atoms with van der Waals surface area (Å²) >= 11 is 6.64. The molecular formula is C29H29ClFNO5S. The smallest absolute Gasteiger partial charge is 0.175 e. The number of aromatic hydroxyl groups is 1. The molecule has 0 saturated carbocycles. The van der Waals surface area contributed by atoms with Crippen LogP contribution in [0.25, 0.3) is 11.1 Å². The van der Waals surface area contributed by atoms with Crippen molar-refractivity contribution < 1.29 is 27.4 Å². The average molecular weight is 558 g/mol. The summed E-state index contributed by atoms with van der Waals surface area (Å²) in [4.78, 5) is 2.30. The van der Waals surface area contributed by atoms with Crippen LogP contribution in [0.1, 0.15) is 29.7 Å². The molecule has 0 spiro atoms. The number of fused-ring (bicyclic) bond motifs is 1. The summed E-state index contributed by atoms with van der Waals surface area (Å²) in [5, 5.41) is 10.4. The van der Waals surface area contributed by atoms with Crippen LogP contribution in [0.5, 0.6) is 17.2 Å². The highest BCUT2D eigenvalue weighted by molar-refractivity contribution is 7.90. The molecule has 0 radical (unpaired) electrons. The molecule has 1 N–H and O–H groups in total. The summed E-state index contributed by atoms with van der Waals surface area (Å²) in [6.07, 6.45) is 0.615. The number of likely N-dealkylation sites (tertiary alicyclic amines) is 1. The largest absolute Gasteiger partial charge is 0.508 e. The predicted molar refractivity (Wildman–Crippen MR) is 146 cm³/mol. The maximum atomic E-state index is 12.6. The number of alkyl halides is 1. The van der Waals surface area contributed by atoms with E-state index in [1.54, 1.807) is 24.3 Å². The lowest BCUT2D eigenvalue weighted by Crippen LogP contribution is -2.49. The van der Waals surface area contributed by atoms with Crippen molar-refractivity contribution >= 4 is 32.6 Å². The molecule has 6 nitrogen and oxygen atoms in total. The Hall–Kier alpha value is -3.07. The molecule has 2 aliphatic heterocycles. The Kier molecular flexibility index (Phi) is 7.40. The average Bonchev–Trinajstić information content (AvgIpc) is 2.86. The minimum absolute atomic E-state index is 0.114. The second kappa shape index (κ2) is 10.6. The molecule has 0 aromatic heterocycles. The van der Waals surface area contributed by atoms with E-state index in [2.05, 4.69) is 4.90 Å². The molecule has 2 aliphatic rings. The van der Waals surface area contributed by atoms with E-state index in [4.69, 9.17) is 21.1 Å². The van der Waals surface area contributed by atoms with Gasteiger partial charge in [0.1, 0.15) is 30.0 Å². The summed E-state index contributed by atoms with van der Waals surface area (Å²) in [6.45, 7) is 4.49. The highest BCUT2D eigenvalue weighted by Gasteiger charge is 2.31. The second-order valence-corrected chi connectivity index (χ2v) is 12.3. The standard InChI is InChI=1S/C29H29ClFNO5S/c1-18-25-13-21(33)5-10-27(25)37-29(28(18)24-9-8-23(14-26(24)30)38(2,34)35)20-3-6-22(7-4-20)36-12-11-32-16-19(15-31)17-32/h3-10,13-14,19,29,33H,11-12,15-17H2,1-2H3/t29-/m1/s1. The molecule has 1 fully saturated rings. The molecule has 0 bridgehead atoms. The van der Waals surface area contributed by atoms with Crippen molar-refractivity contribution in [2.24, 2.45) is 5.92 Å². The van der Waals surface area contributed by atoms with Gasteiger partial charge in [0.05, 0.1) is 11.6 Å². The fourth-order valence-corrected chi connectivity index (χ4v) is 5.95. The highest BCUT2D eigenvalue weighted by atomic mass is 35.5. The summed E-state index contributed by atoms with van der Waals surface area (Å²) in [5.74, 6) is 1.61. The lowest BCUT2D eigenvalue weighted by atomic mass is 9.86. The van der Waals surface area contributed by atoms with Gasteiger partial charge in [0.15, 0.2) is 9.84 Å². The molecule has 0 aliphatic carbocycles.